The molecule has 17 heteroatoms. The van der Waals surface area contributed by atoms with Gasteiger partial charge >= 0.3 is 18.1 Å². The van der Waals surface area contributed by atoms with Crippen molar-refractivity contribution in [2.75, 3.05) is 6.54 Å². The number of nitrogens with one attached hydrogen (secondary N) is 2. The molecule has 0 bridgehead atoms. The molecule has 0 spiro atoms. The van der Waals surface area contributed by atoms with E-state index in [4.69, 9.17) is 15.2 Å². The molecule has 1 unspecified atom stereocenters. The number of hydrogen-bond donors (Lipinski definition) is 2. The molecule has 5 aromatic rings. The molecule has 0 saturated carbocycles. The number of rotatable bonds is 12. The van der Waals surface area contributed by atoms with Crippen molar-refractivity contribution in [1.82, 2.24) is 15.2 Å². The molecule has 5 rings (SSSR count). The van der Waals surface area contributed by atoms with Crippen molar-refractivity contribution in [3.63, 3.8) is 0 Å². The highest BCUT2D eigenvalue weighted by Gasteiger charge is 2.55. The van der Waals surface area contributed by atoms with Gasteiger partial charge in [-0.05, 0) is 68.0 Å². The molecule has 0 fully saturated rings. The molecule has 0 aliphatic heterocycles. The molecule has 0 saturated heterocycles. The number of ether oxygens (including phenoxy) is 2. The van der Waals surface area contributed by atoms with Crippen molar-refractivity contribution in [3.05, 3.63) is 117 Å². The largest absolute Gasteiger partial charge is 1.00 e. The second-order valence-electron chi connectivity index (χ2n) is 11.6. The van der Waals surface area contributed by atoms with Gasteiger partial charge in [-0.3, -0.25) is 4.79 Å². The molecular weight excluding hydrogens is 775 g/mol. The molecule has 4 N–H and O–H groups in total. The van der Waals surface area contributed by atoms with Gasteiger partial charge in [0.05, 0.1) is 23.9 Å². The van der Waals surface area contributed by atoms with Crippen LogP contribution in [0.2, 0.25) is 0 Å². The number of carbonyl (C=O) groups is 2. The average Bonchev–Trinajstić information content (AvgIpc) is 3.79. The number of carbonyl (C=O) groups excluding carboxylic acids is 2. The van der Waals surface area contributed by atoms with Crippen LogP contribution in [-0.4, -0.2) is 39.8 Å². The van der Waals surface area contributed by atoms with Gasteiger partial charge in [-0.2, -0.15) is 18.4 Å². The SMILES string of the molecule is Cc1cc(CCC[C@](OC(=O)C(F)(F)F)(c2ccc(F)cc2F)C(c2[nH]nc[nH+]2)c2nc(-c3ccccc3C#N)cs2)cc(C)c1OC(=O)CN.[Br-]. The van der Waals surface area contributed by atoms with Gasteiger partial charge in [0.25, 0.3) is 6.33 Å². The van der Waals surface area contributed by atoms with Crippen LogP contribution >= 0.6 is 11.3 Å². The van der Waals surface area contributed by atoms with Crippen LogP contribution in [0, 0.1) is 36.8 Å². The normalized spacial score (nSPS) is 13.0. The van der Waals surface area contributed by atoms with E-state index in [1.807, 2.05) is 0 Å². The fourth-order valence-corrected chi connectivity index (χ4v) is 7.01. The second-order valence-corrected chi connectivity index (χ2v) is 12.5. The number of aromatic nitrogens is 4. The Morgan fingerprint density at radius 3 is 2.42 bits per heavy atom. The number of alkyl halides is 3. The van der Waals surface area contributed by atoms with E-state index >= 15 is 4.39 Å². The van der Waals surface area contributed by atoms with E-state index < -0.39 is 53.3 Å². The number of aryl methyl sites for hydroxylation is 3. The monoisotopic (exact) mass is 804 g/mol. The van der Waals surface area contributed by atoms with Crippen LogP contribution in [0.4, 0.5) is 22.0 Å². The Bertz CT molecular complexity index is 2080. The van der Waals surface area contributed by atoms with Crippen molar-refractivity contribution in [2.45, 2.75) is 50.8 Å². The molecule has 10 nitrogen and oxygen atoms in total. The third-order valence-corrected chi connectivity index (χ3v) is 9.04. The van der Waals surface area contributed by atoms with Crippen LogP contribution in [0.25, 0.3) is 11.3 Å². The number of benzene rings is 3. The number of nitriles is 1. The van der Waals surface area contributed by atoms with Crippen molar-refractivity contribution in [2.24, 2.45) is 5.73 Å². The quantitative estimate of drug-likeness (QED) is 0.111. The summed E-state index contributed by atoms with van der Waals surface area (Å²) in [5, 5.41) is 17.9. The van der Waals surface area contributed by atoms with E-state index in [0.717, 1.165) is 23.5 Å². The lowest BCUT2D eigenvalue weighted by molar-refractivity contribution is -0.395. The molecule has 3 aromatic carbocycles. The van der Waals surface area contributed by atoms with E-state index in [1.54, 1.807) is 55.6 Å². The van der Waals surface area contributed by atoms with E-state index in [-0.39, 0.29) is 58.5 Å². The Morgan fingerprint density at radius 1 is 1.10 bits per heavy atom. The van der Waals surface area contributed by atoms with Crippen LogP contribution in [0.15, 0.2) is 66.3 Å². The van der Waals surface area contributed by atoms with Gasteiger partial charge < -0.3 is 32.2 Å². The lowest BCUT2D eigenvalue weighted by Crippen LogP contribution is -3.00. The number of H-pyrrole nitrogens is 2. The number of aromatic amines is 2. The van der Waals surface area contributed by atoms with Crippen molar-refractivity contribution >= 4 is 23.3 Å². The highest BCUT2D eigenvalue weighted by atomic mass is 79.9. The Labute approximate surface area is 308 Å². The van der Waals surface area contributed by atoms with Gasteiger partial charge in [0, 0.05) is 27.7 Å². The van der Waals surface area contributed by atoms with Crippen LogP contribution in [0.3, 0.4) is 0 Å². The van der Waals surface area contributed by atoms with Crippen LogP contribution in [0.1, 0.15) is 57.4 Å². The predicted molar refractivity (Wildman–Crippen MR) is 173 cm³/mol. The van der Waals surface area contributed by atoms with E-state index in [1.165, 1.54) is 6.33 Å². The first-order valence-electron chi connectivity index (χ1n) is 15.4. The summed E-state index contributed by atoms with van der Waals surface area (Å²) in [6.45, 7) is 3.07. The van der Waals surface area contributed by atoms with Gasteiger partial charge in [0.15, 0.2) is 5.60 Å². The summed E-state index contributed by atoms with van der Waals surface area (Å²) < 4.78 is 83.2. The Hall–Kier alpha value is -5.05. The summed E-state index contributed by atoms with van der Waals surface area (Å²) in [5.74, 6) is -6.71. The predicted octanol–water partition coefficient (Wildman–Crippen LogP) is 3.14. The maximum atomic E-state index is 16.0. The summed E-state index contributed by atoms with van der Waals surface area (Å²) in [7, 11) is 0. The number of esters is 2. The summed E-state index contributed by atoms with van der Waals surface area (Å²) in [6, 6.07) is 14.3. The van der Waals surface area contributed by atoms with Gasteiger partial charge in [-0.25, -0.2) is 23.5 Å². The van der Waals surface area contributed by atoms with Crippen LogP contribution in [-0.2, 0) is 26.3 Å². The summed E-state index contributed by atoms with van der Waals surface area (Å²) >= 11 is 0.969. The fourth-order valence-electron chi connectivity index (χ4n) is 6.00. The Kier molecular flexibility index (Phi) is 12.6. The Balaban J connectivity index is 0.00000605. The molecule has 272 valence electrons. The average molecular weight is 806 g/mol. The molecule has 2 aromatic heterocycles. The van der Waals surface area contributed by atoms with Crippen LogP contribution in [0.5, 0.6) is 5.75 Å². The summed E-state index contributed by atoms with van der Waals surface area (Å²) in [6.07, 6.45) is -4.55. The minimum atomic E-state index is -5.51. The zero-order chi connectivity index (χ0) is 36.9. The van der Waals surface area contributed by atoms with E-state index in [0.29, 0.717) is 34.1 Å². The first-order valence-corrected chi connectivity index (χ1v) is 16.3. The lowest BCUT2D eigenvalue weighted by atomic mass is 9.76. The molecule has 0 amide bonds. The minimum absolute atomic E-state index is 0. The van der Waals surface area contributed by atoms with Gasteiger partial charge in [0.1, 0.15) is 28.3 Å². The molecule has 0 aliphatic carbocycles. The summed E-state index contributed by atoms with van der Waals surface area (Å²) in [4.78, 5) is 32.1. The topological polar surface area (TPSA) is 158 Å². The molecule has 2 atom stereocenters. The lowest BCUT2D eigenvalue weighted by Gasteiger charge is -2.38. The number of nitrogens with zero attached hydrogens (tertiary/aromatic N) is 3. The zero-order valence-corrected chi connectivity index (χ0v) is 29.9. The minimum Gasteiger partial charge on any atom is -1.00 e. The van der Waals surface area contributed by atoms with Crippen molar-refractivity contribution in [3.8, 4) is 23.1 Å². The van der Waals surface area contributed by atoms with E-state index in [2.05, 4.69) is 26.2 Å². The van der Waals surface area contributed by atoms with Crippen LogP contribution < -0.4 is 32.4 Å². The number of thiazole rings is 1. The summed E-state index contributed by atoms with van der Waals surface area (Å²) in [5.41, 5.74) is 5.17. The third-order valence-electron chi connectivity index (χ3n) is 8.13. The molecule has 0 radical (unpaired) electrons. The molecular formula is C35H30BrF5N6O4S. The second kappa shape index (κ2) is 16.5. The number of hydrogen-bond acceptors (Lipinski definition) is 9. The smallest absolute Gasteiger partial charge is 0.490 e. The first-order chi connectivity index (χ1) is 24.3. The number of halogens is 6. The van der Waals surface area contributed by atoms with E-state index in [9.17, 15) is 32.4 Å². The zero-order valence-electron chi connectivity index (χ0n) is 27.5. The highest BCUT2D eigenvalue weighted by molar-refractivity contribution is 7.10. The maximum absolute atomic E-state index is 16.0. The first kappa shape index (κ1) is 39.7. The Morgan fingerprint density at radius 2 is 1.81 bits per heavy atom. The standard InChI is InChI=1S/C35H29F5N6O4S.BrH/c1-19-12-21(13-20(2)30(19)49-28(47)16-42)6-5-11-34(50-33(48)35(38,39)40,25-10-9-23(36)14-26(25)37)29(31-43-18-44-46-31)32-45-27(17-51-32)24-8-4-3-7-22(24)15-41;/h3-4,7-10,12-14,17-18,29H,5-6,11,16,42H2,1-2H3,(H,43,44,46);1H/t29?,34-;/m0./s1. The van der Waals surface area contributed by atoms with Gasteiger partial charge in [-0.15, -0.1) is 16.4 Å². The molecule has 52 heavy (non-hydrogen) atoms. The van der Waals surface area contributed by atoms with Gasteiger partial charge in [0.2, 0.25) is 5.82 Å². The van der Waals surface area contributed by atoms with Gasteiger partial charge in [-0.1, -0.05) is 30.3 Å². The fraction of sp³-hybridized carbons (Fsp3) is 0.257. The molecule has 0 aliphatic rings. The third kappa shape index (κ3) is 8.52. The highest BCUT2D eigenvalue weighted by Crippen LogP contribution is 2.50. The van der Waals surface area contributed by atoms with Crippen molar-refractivity contribution < 1.29 is 63.0 Å². The number of nitrogens with two attached hydrogens (primary N) is 1. The maximum Gasteiger partial charge on any atom is 0.490 e. The molecule has 2 heterocycles. The van der Waals surface area contributed by atoms with Crippen molar-refractivity contribution in [1.29, 1.82) is 5.26 Å².